The number of methoxy groups -OCH3 is 1. The van der Waals surface area contributed by atoms with Crippen LogP contribution in [-0.2, 0) is 14.3 Å². The van der Waals surface area contributed by atoms with Gasteiger partial charge in [-0.1, -0.05) is 6.07 Å². The average Bonchev–Trinajstić information content (AvgIpc) is 2.65. The zero-order valence-corrected chi connectivity index (χ0v) is 17.0. The van der Waals surface area contributed by atoms with Crippen molar-refractivity contribution in [3.63, 3.8) is 0 Å². The number of carbonyl (C=O) groups is 2. The van der Waals surface area contributed by atoms with E-state index in [-0.39, 0.29) is 17.2 Å². The van der Waals surface area contributed by atoms with Crippen LogP contribution in [0.3, 0.4) is 0 Å². The van der Waals surface area contributed by atoms with Crippen molar-refractivity contribution in [2.24, 2.45) is 17.8 Å². The van der Waals surface area contributed by atoms with Gasteiger partial charge in [-0.2, -0.15) is 0 Å². The summed E-state index contributed by atoms with van der Waals surface area (Å²) in [5.74, 6) is 1.79. The highest BCUT2D eigenvalue weighted by Gasteiger charge is 2.51. The number of ether oxygens (including phenoxy) is 2. The number of esters is 1. The molecule has 1 atom stereocenters. The quantitative estimate of drug-likeness (QED) is 0.565. The molecular formula is C23H29NO5. The first-order valence-electron chi connectivity index (χ1n) is 10.4. The molecule has 4 aliphatic rings. The van der Waals surface area contributed by atoms with Crippen LogP contribution in [0.5, 0.6) is 11.5 Å². The van der Waals surface area contributed by atoms with Crippen molar-refractivity contribution in [1.29, 1.82) is 0 Å². The summed E-state index contributed by atoms with van der Waals surface area (Å²) in [6, 6.07) is 4.76. The van der Waals surface area contributed by atoms with E-state index in [0.29, 0.717) is 11.3 Å². The maximum Gasteiger partial charge on any atom is 0.331 e. The van der Waals surface area contributed by atoms with Gasteiger partial charge in [0.1, 0.15) is 0 Å². The minimum Gasteiger partial charge on any atom is -0.504 e. The third-order valence-corrected chi connectivity index (χ3v) is 6.70. The van der Waals surface area contributed by atoms with E-state index in [1.54, 1.807) is 25.1 Å². The van der Waals surface area contributed by atoms with E-state index < -0.39 is 12.1 Å². The molecule has 1 aromatic carbocycles. The zero-order valence-electron chi connectivity index (χ0n) is 17.0. The van der Waals surface area contributed by atoms with Gasteiger partial charge in [-0.3, -0.25) is 4.79 Å². The van der Waals surface area contributed by atoms with Gasteiger partial charge in [-0.05, 0) is 87.0 Å². The van der Waals surface area contributed by atoms with Crippen molar-refractivity contribution in [3.8, 4) is 11.5 Å². The lowest BCUT2D eigenvalue weighted by Crippen LogP contribution is -2.61. The monoisotopic (exact) mass is 399 g/mol. The fourth-order valence-electron chi connectivity index (χ4n) is 5.86. The molecule has 29 heavy (non-hydrogen) atoms. The highest BCUT2D eigenvalue weighted by atomic mass is 16.5. The summed E-state index contributed by atoms with van der Waals surface area (Å²) in [7, 11) is 1.46. The Morgan fingerprint density at radius 3 is 2.38 bits per heavy atom. The maximum atomic E-state index is 12.7. The summed E-state index contributed by atoms with van der Waals surface area (Å²) in [6.07, 6.45) is 9.13. The van der Waals surface area contributed by atoms with Crippen LogP contribution in [0.1, 0.15) is 51.0 Å². The molecule has 1 aromatic rings. The standard InChI is InChI=1S/C23H29NO5/c1-14(29-21(26)6-4-15-3-5-19(25)20(10-15)28-2)22(27)24-23-11-16-7-17(12-23)9-18(8-16)13-23/h3-6,10,14,16-18,25H,7-9,11-13H2,1-2H3,(H,24,27)/b6-4+/t14-,16?,17?,18?,23?/m1/s1. The number of nitrogens with one attached hydrogen (secondary N) is 1. The van der Waals surface area contributed by atoms with Crippen LogP contribution in [-0.4, -0.2) is 35.7 Å². The Hall–Kier alpha value is -2.50. The predicted molar refractivity (Wildman–Crippen MR) is 108 cm³/mol. The number of rotatable bonds is 6. The van der Waals surface area contributed by atoms with E-state index >= 15 is 0 Å². The van der Waals surface area contributed by atoms with E-state index in [2.05, 4.69) is 5.32 Å². The van der Waals surface area contributed by atoms with Crippen molar-refractivity contribution < 1.29 is 24.2 Å². The fourth-order valence-corrected chi connectivity index (χ4v) is 5.86. The van der Waals surface area contributed by atoms with Gasteiger partial charge in [0.05, 0.1) is 7.11 Å². The molecule has 0 aliphatic heterocycles. The molecule has 156 valence electrons. The van der Waals surface area contributed by atoms with Crippen LogP contribution in [0.25, 0.3) is 6.08 Å². The molecule has 4 bridgehead atoms. The number of hydrogen-bond donors (Lipinski definition) is 2. The van der Waals surface area contributed by atoms with E-state index in [4.69, 9.17) is 9.47 Å². The molecule has 0 unspecified atom stereocenters. The number of phenols is 1. The maximum absolute atomic E-state index is 12.7. The molecule has 6 heteroatoms. The SMILES string of the molecule is COc1cc(/C=C/C(=O)O[C@H](C)C(=O)NC23CC4CC(CC(C4)C2)C3)ccc1O. The Balaban J connectivity index is 1.32. The first kappa shape index (κ1) is 19.8. The van der Waals surface area contributed by atoms with Crippen molar-refractivity contribution in [3.05, 3.63) is 29.8 Å². The normalized spacial score (nSPS) is 30.9. The van der Waals surface area contributed by atoms with E-state index in [1.807, 2.05) is 0 Å². The van der Waals surface area contributed by atoms with Gasteiger partial charge in [0.25, 0.3) is 5.91 Å². The first-order valence-corrected chi connectivity index (χ1v) is 10.4. The van der Waals surface area contributed by atoms with E-state index in [0.717, 1.165) is 37.0 Å². The molecule has 0 heterocycles. The molecule has 1 amide bonds. The molecule has 6 nitrogen and oxygen atoms in total. The Bertz CT molecular complexity index is 795. The molecule has 4 aliphatic carbocycles. The summed E-state index contributed by atoms with van der Waals surface area (Å²) < 4.78 is 10.4. The van der Waals surface area contributed by atoms with Gasteiger partial charge in [0, 0.05) is 11.6 Å². The van der Waals surface area contributed by atoms with E-state index in [9.17, 15) is 14.7 Å². The molecular weight excluding hydrogens is 370 g/mol. The average molecular weight is 399 g/mol. The second kappa shape index (κ2) is 7.73. The van der Waals surface area contributed by atoms with Crippen LogP contribution in [0.15, 0.2) is 24.3 Å². The summed E-state index contributed by atoms with van der Waals surface area (Å²) in [4.78, 5) is 24.8. The molecule has 0 spiro atoms. The van der Waals surface area contributed by atoms with Crippen LogP contribution in [0, 0.1) is 17.8 Å². The fraction of sp³-hybridized carbons (Fsp3) is 0.565. The largest absolute Gasteiger partial charge is 0.504 e. The Morgan fingerprint density at radius 2 is 1.79 bits per heavy atom. The number of aromatic hydroxyl groups is 1. The minimum absolute atomic E-state index is 0.0298. The van der Waals surface area contributed by atoms with Crippen molar-refractivity contribution in [1.82, 2.24) is 5.32 Å². The predicted octanol–water partition coefficient (Wildman–Crippen LogP) is 3.43. The number of hydrogen-bond acceptors (Lipinski definition) is 5. The van der Waals surface area contributed by atoms with Gasteiger partial charge in [-0.25, -0.2) is 4.79 Å². The molecule has 4 fully saturated rings. The van der Waals surface area contributed by atoms with Gasteiger partial charge in [-0.15, -0.1) is 0 Å². The van der Waals surface area contributed by atoms with Gasteiger partial charge in [0.15, 0.2) is 17.6 Å². The van der Waals surface area contributed by atoms with Crippen LogP contribution < -0.4 is 10.1 Å². The summed E-state index contributed by atoms with van der Waals surface area (Å²) in [5.41, 5.74) is 0.590. The van der Waals surface area contributed by atoms with Crippen molar-refractivity contribution in [2.45, 2.75) is 57.1 Å². The number of amides is 1. The number of phenolic OH excluding ortho intramolecular Hbond substituents is 1. The highest BCUT2D eigenvalue weighted by Crippen LogP contribution is 2.55. The lowest BCUT2D eigenvalue weighted by Gasteiger charge is -2.57. The molecule has 0 saturated heterocycles. The molecule has 0 radical (unpaired) electrons. The summed E-state index contributed by atoms with van der Waals surface area (Å²) in [6.45, 7) is 1.62. The molecule has 2 N–H and O–H groups in total. The lowest BCUT2D eigenvalue weighted by molar-refractivity contribution is -0.152. The lowest BCUT2D eigenvalue weighted by atomic mass is 9.53. The highest BCUT2D eigenvalue weighted by molar-refractivity contribution is 5.90. The molecule has 0 aromatic heterocycles. The number of benzene rings is 1. The topological polar surface area (TPSA) is 84.9 Å². The Kier molecular flexibility index (Phi) is 5.28. The second-order valence-electron chi connectivity index (χ2n) is 9.03. The van der Waals surface area contributed by atoms with Crippen molar-refractivity contribution >= 4 is 18.0 Å². The van der Waals surface area contributed by atoms with Gasteiger partial charge < -0.3 is 19.9 Å². The van der Waals surface area contributed by atoms with Gasteiger partial charge in [0.2, 0.25) is 0 Å². The Labute approximate surface area is 171 Å². The van der Waals surface area contributed by atoms with Crippen LogP contribution in [0.2, 0.25) is 0 Å². The minimum atomic E-state index is -0.838. The smallest absolute Gasteiger partial charge is 0.331 e. The Morgan fingerprint density at radius 1 is 1.17 bits per heavy atom. The van der Waals surface area contributed by atoms with E-state index in [1.165, 1.54) is 38.5 Å². The second-order valence-corrected chi connectivity index (χ2v) is 9.03. The third-order valence-electron chi connectivity index (χ3n) is 6.70. The molecule has 5 rings (SSSR count). The van der Waals surface area contributed by atoms with Crippen LogP contribution in [0.4, 0.5) is 0 Å². The van der Waals surface area contributed by atoms with Gasteiger partial charge >= 0.3 is 5.97 Å². The third kappa shape index (κ3) is 4.26. The summed E-state index contributed by atoms with van der Waals surface area (Å²) in [5, 5.41) is 12.9. The number of carbonyl (C=O) groups excluding carboxylic acids is 2. The summed E-state index contributed by atoms with van der Waals surface area (Å²) >= 11 is 0. The van der Waals surface area contributed by atoms with Crippen LogP contribution >= 0.6 is 0 Å². The molecule has 4 saturated carbocycles. The zero-order chi connectivity index (χ0) is 20.6. The first-order chi connectivity index (χ1) is 13.9. The van der Waals surface area contributed by atoms with Crippen molar-refractivity contribution in [2.75, 3.05) is 7.11 Å².